The number of nitro benzene ring substituents is 2. The van der Waals surface area contributed by atoms with E-state index in [0.29, 0.717) is 0 Å². The van der Waals surface area contributed by atoms with Gasteiger partial charge in [0, 0.05) is 48.5 Å². The maximum absolute atomic E-state index is 13.8. The fourth-order valence-electron chi connectivity index (χ4n) is 4.58. The number of hydrogen-bond donors (Lipinski definition) is 2. The number of rotatable bonds is 9. The summed E-state index contributed by atoms with van der Waals surface area (Å²) in [6.45, 7) is -0.300. The number of nitrogens with one attached hydrogen (secondary N) is 1. The number of non-ortho nitro benzene ring substituents is 2. The molecule has 0 spiro atoms. The summed E-state index contributed by atoms with van der Waals surface area (Å²) in [5.41, 5.74) is -0.708. The predicted molar refractivity (Wildman–Crippen MR) is 152 cm³/mol. The van der Waals surface area contributed by atoms with Crippen molar-refractivity contribution >= 4 is 58.3 Å². The molecule has 1 aliphatic heterocycles. The minimum absolute atomic E-state index is 0.0395. The molecule has 0 bridgehead atoms. The molecule has 16 heteroatoms. The third-order valence-corrected chi connectivity index (χ3v) is 7.32. The second-order valence-electron chi connectivity index (χ2n) is 9.32. The van der Waals surface area contributed by atoms with Crippen LogP contribution in [0.3, 0.4) is 0 Å². The highest BCUT2D eigenvalue weighted by Gasteiger charge is 2.44. The first-order valence-corrected chi connectivity index (χ1v) is 13.2. The van der Waals surface area contributed by atoms with Gasteiger partial charge in [-0.15, -0.1) is 0 Å². The zero-order valence-corrected chi connectivity index (χ0v) is 23.4. The van der Waals surface area contributed by atoms with E-state index in [9.17, 15) is 44.5 Å². The molecule has 3 amide bonds. The minimum Gasteiger partial charge on any atom is -0.481 e. The molecule has 2 atom stereocenters. The van der Waals surface area contributed by atoms with E-state index >= 15 is 0 Å². The van der Waals surface area contributed by atoms with Crippen LogP contribution in [0.5, 0.6) is 0 Å². The maximum atomic E-state index is 13.8. The zero-order chi connectivity index (χ0) is 31.4. The molecular weight excluding hydrogens is 609 g/mol. The Hall–Kier alpha value is -5.08. The van der Waals surface area contributed by atoms with Crippen molar-refractivity contribution in [1.29, 1.82) is 0 Å². The van der Waals surface area contributed by atoms with E-state index in [0.717, 1.165) is 21.9 Å². The van der Waals surface area contributed by atoms with E-state index in [4.69, 9.17) is 23.2 Å². The van der Waals surface area contributed by atoms with E-state index in [1.165, 1.54) is 54.6 Å². The van der Waals surface area contributed by atoms with Gasteiger partial charge in [-0.05, 0) is 29.8 Å². The quantitative estimate of drug-likeness (QED) is 0.259. The van der Waals surface area contributed by atoms with Crippen LogP contribution < -0.4 is 5.32 Å². The Kier molecular flexibility index (Phi) is 9.21. The number of benzene rings is 3. The van der Waals surface area contributed by atoms with Gasteiger partial charge in [0.1, 0.15) is 0 Å². The van der Waals surface area contributed by atoms with Crippen LogP contribution in [-0.2, 0) is 9.59 Å². The average Bonchev–Trinajstić information content (AvgIpc) is 3.42. The lowest BCUT2D eigenvalue weighted by atomic mass is 10.0. The Morgan fingerprint density at radius 1 is 0.837 bits per heavy atom. The molecule has 1 saturated heterocycles. The summed E-state index contributed by atoms with van der Waals surface area (Å²) in [7, 11) is 0. The van der Waals surface area contributed by atoms with Gasteiger partial charge in [-0.3, -0.25) is 39.4 Å². The van der Waals surface area contributed by atoms with E-state index < -0.39 is 52.2 Å². The SMILES string of the molecule is O=C(O)CC(NC(=O)C1N(C(=O)c2cccc([N+](=O)[O-])c2)CCN1C(=O)c1ccc(Cl)c(Cl)c1)c1cccc([N+](=O)[O-])c1. The largest absolute Gasteiger partial charge is 0.481 e. The van der Waals surface area contributed by atoms with Crippen LogP contribution in [0.25, 0.3) is 0 Å². The van der Waals surface area contributed by atoms with Gasteiger partial charge in [0.05, 0.1) is 32.4 Å². The number of carbonyl (C=O) groups is 4. The lowest BCUT2D eigenvalue weighted by Gasteiger charge is -2.31. The summed E-state index contributed by atoms with van der Waals surface area (Å²) in [5.74, 6) is -3.82. The van der Waals surface area contributed by atoms with Crippen molar-refractivity contribution in [3.05, 3.63) is 114 Å². The van der Waals surface area contributed by atoms with Gasteiger partial charge in [-0.1, -0.05) is 41.4 Å². The van der Waals surface area contributed by atoms with E-state index in [2.05, 4.69) is 5.32 Å². The standard InChI is InChI=1S/C27H21Cl2N5O9/c28-20-8-7-17(13-21(20)29)27(39)32-10-9-31(26(38)16-4-2-6-19(12-16)34(42)43)25(32)24(37)30-22(14-23(35)36)15-3-1-5-18(11-15)33(40)41/h1-8,11-13,22,25H,9-10,14H2,(H,30,37)(H,35,36). The predicted octanol–water partition coefficient (Wildman–Crippen LogP) is 4.07. The molecule has 1 heterocycles. The van der Waals surface area contributed by atoms with Crippen molar-refractivity contribution in [2.45, 2.75) is 18.6 Å². The zero-order valence-electron chi connectivity index (χ0n) is 21.9. The molecule has 0 saturated carbocycles. The van der Waals surface area contributed by atoms with Gasteiger partial charge in [-0.2, -0.15) is 0 Å². The summed E-state index contributed by atoms with van der Waals surface area (Å²) in [6.07, 6.45) is -2.32. The highest BCUT2D eigenvalue weighted by atomic mass is 35.5. The first kappa shape index (κ1) is 30.9. The van der Waals surface area contributed by atoms with Crippen molar-refractivity contribution in [1.82, 2.24) is 15.1 Å². The Bertz CT molecular complexity index is 1650. The molecular formula is C27H21Cl2N5O9. The number of nitro groups is 2. The first-order chi connectivity index (χ1) is 20.4. The summed E-state index contributed by atoms with van der Waals surface area (Å²) in [4.78, 5) is 75.9. The molecule has 3 aromatic rings. The molecule has 4 rings (SSSR count). The summed E-state index contributed by atoms with van der Waals surface area (Å²) >= 11 is 12.0. The Morgan fingerprint density at radius 3 is 1.95 bits per heavy atom. The second-order valence-corrected chi connectivity index (χ2v) is 10.1. The van der Waals surface area contributed by atoms with Gasteiger partial charge in [-0.25, -0.2) is 0 Å². The van der Waals surface area contributed by atoms with E-state index in [-0.39, 0.29) is 51.2 Å². The van der Waals surface area contributed by atoms with Crippen LogP contribution in [0.1, 0.15) is 38.7 Å². The third kappa shape index (κ3) is 6.88. The number of hydrogen-bond acceptors (Lipinski definition) is 8. The minimum atomic E-state index is -1.64. The van der Waals surface area contributed by atoms with Crippen LogP contribution in [0, 0.1) is 20.2 Å². The van der Waals surface area contributed by atoms with Crippen LogP contribution in [0.15, 0.2) is 66.7 Å². The molecule has 3 aromatic carbocycles. The smallest absolute Gasteiger partial charge is 0.305 e. The summed E-state index contributed by atoms with van der Waals surface area (Å²) < 4.78 is 0. The highest BCUT2D eigenvalue weighted by molar-refractivity contribution is 6.42. The molecule has 1 fully saturated rings. The lowest BCUT2D eigenvalue weighted by Crippen LogP contribution is -2.54. The Morgan fingerprint density at radius 2 is 1.40 bits per heavy atom. The van der Waals surface area contributed by atoms with Crippen molar-refractivity contribution in [2.24, 2.45) is 0 Å². The van der Waals surface area contributed by atoms with E-state index in [1.807, 2.05) is 0 Å². The van der Waals surface area contributed by atoms with Crippen LogP contribution in [-0.4, -0.2) is 67.7 Å². The Labute approximate surface area is 252 Å². The number of carbonyl (C=O) groups excluding carboxylic acids is 3. The number of halogens is 2. The van der Waals surface area contributed by atoms with Gasteiger partial charge < -0.3 is 20.2 Å². The van der Waals surface area contributed by atoms with Crippen molar-refractivity contribution in [3.63, 3.8) is 0 Å². The molecule has 1 aliphatic rings. The number of carboxylic acids is 1. The number of nitrogens with zero attached hydrogens (tertiary/aromatic N) is 4. The molecule has 43 heavy (non-hydrogen) atoms. The summed E-state index contributed by atoms with van der Waals surface area (Å²) in [5, 5.41) is 34.8. The molecule has 0 aliphatic carbocycles. The van der Waals surface area contributed by atoms with Gasteiger partial charge in [0.15, 0.2) is 6.17 Å². The Balaban J connectivity index is 1.73. The first-order valence-electron chi connectivity index (χ1n) is 12.5. The average molecular weight is 630 g/mol. The highest BCUT2D eigenvalue weighted by Crippen LogP contribution is 2.28. The lowest BCUT2D eigenvalue weighted by molar-refractivity contribution is -0.385. The van der Waals surface area contributed by atoms with Crippen LogP contribution in [0.4, 0.5) is 11.4 Å². The fraction of sp³-hybridized carbons (Fsp3) is 0.185. The maximum Gasteiger partial charge on any atom is 0.305 e. The molecule has 2 N–H and O–H groups in total. The summed E-state index contributed by atoms with van der Waals surface area (Å²) in [6, 6.07) is 12.5. The van der Waals surface area contributed by atoms with Crippen LogP contribution >= 0.6 is 23.2 Å². The topological polar surface area (TPSA) is 193 Å². The molecule has 222 valence electrons. The molecule has 0 radical (unpaired) electrons. The second kappa shape index (κ2) is 12.8. The van der Waals surface area contributed by atoms with Crippen molar-refractivity contribution in [3.8, 4) is 0 Å². The number of carboxylic acid groups (broad SMARTS) is 1. The van der Waals surface area contributed by atoms with Gasteiger partial charge >= 0.3 is 5.97 Å². The monoisotopic (exact) mass is 629 g/mol. The van der Waals surface area contributed by atoms with Crippen molar-refractivity contribution < 1.29 is 34.1 Å². The number of amides is 3. The van der Waals surface area contributed by atoms with Crippen molar-refractivity contribution in [2.75, 3.05) is 13.1 Å². The number of aliphatic carboxylic acids is 1. The van der Waals surface area contributed by atoms with E-state index in [1.54, 1.807) is 0 Å². The van der Waals surface area contributed by atoms with Gasteiger partial charge in [0.25, 0.3) is 29.1 Å². The van der Waals surface area contributed by atoms with Crippen LogP contribution in [0.2, 0.25) is 10.0 Å². The molecule has 14 nitrogen and oxygen atoms in total. The molecule has 2 unspecified atom stereocenters. The molecule has 0 aromatic heterocycles. The normalized spacial score (nSPS) is 15.1. The fourth-order valence-corrected chi connectivity index (χ4v) is 4.88. The van der Waals surface area contributed by atoms with Gasteiger partial charge in [0.2, 0.25) is 0 Å². The third-order valence-electron chi connectivity index (χ3n) is 6.58.